The van der Waals surface area contributed by atoms with Crippen LogP contribution in [0.5, 0.6) is 11.5 Å². The summed E-state index contributed by atoms with van der Waals surface area (Å²) in [7, 11) is -2.86. The van der Waals surface area contributed by atoms with Crippen LogP contribution in [0.4, 0.5) is 0 Å². The van der Waals surface area contributed by atoms with Crippen molar-refractivity contribution in [3.05, 3.63) is 52.5 Å². The van der Waals surface area contributed by atoms with Gasteiger partial charge in [0.05, 0.1) is 23.3 Å². The Morgan fingerprint density at radius 1 is 1.21 bits per heavy atom. The highest BCUT2D eigenvalue weighted by atomic mass is 35.5. The van der Waals surface area contributed by atoms with Crippen LogP contribution in [-0.4, -0.2) is 21.3 Å². The highest BCUT2D eigenvalue weighted by molar-refractivity contribution is 7.87. The molecule has 2 aromatic carbocycles. The molecule has 0 aliphatic heterocycles. The largest absolute Gasteiger partial charge is 0.497 e. The van der Waals surface area contributed by atoms with Crippen molar-refractivity contribution in [1.29, 1.82) is 5.26 Å². The van der Waals surface area contributed by atoms with Gasteiger partial charge in [0, 0.05) is 6.07 Å². The topological polar surface area (TPSA) is 93.5 Å². The van der Waals surface area contributed by atoms with Gasteiger partial charge in [-0.05, 0) is 37.3 Å². The van der Waals surface area contributed by atoms with Crippen LogP contribution in [0.1, 0.15) is 22.8 Å². The summed E-state index contributed by atoms with van der Waals surface area (Å²) in [5.41, 5.74) is 0.0904. The molecule has 0 amide bonds. The fourth-order valence-corrected chi connectivity index (χ4v) is 3.03. The molecule has 0 aliphatic carbocycles. The first-order valence-electron chi connectivity index (χ1n) is 6.61. The first-order chi connectivity index (χ1) is 11.3. The summed E-state index contributed by atoms with van der Waals surface area (Å²) < 4.78 is 35.0. The Bertz CT molecular complexity index is 947. The minimum absolute atomic E-state index is 0.00113. The van der Waals surface area contributed by atoms with Gasteiger partial charge in [-0.1, -0.05) is 11.6 Å². The number of halogens is 1. The number of benzene rings is 2. The minimum Gasteiger partial charge on any atom is -0.497 e. The first-order valence-corrected chi connectivity index (χ1v) is 8.40. The molecule has 0 heterocycles. The van der Waals surface area contributed by atoms with Crippen LogP contribution >= 0.6 is 11.6 Å². The number of Topliss-reactive ketones (excluding diaryl/α,β-unsaturated/α-hetero) is 1. The summed E-state index contributed by atoms with van der Waals surface area (Å²) in [5.74, 6) is -0.189. The van der Waals surface area contributed by atoms with Crippen LogP contribution in [0.3, 0.4) is 0 Å². The quantitative estimate of drug-likeness (QED) is 0.596. The summed E-state index contributed by atoms with van der Waals surface area (Å²) in [6.07, 6.45) is 0. The maximum atomic E-state index is 12.4. The lowest BCUT2D eigenvalue weighted by atomic mass is 10.1. The van der Waals surface area contributed by atoms with Gasteiger partial charge in [0.25, 0.3) is 0 Å². The fraction of sp³-hybridized carbons (Fsp3) is 0.125. The Morgan fingerprint density at radius 3 is 2.50 bits per heavy atom. The lowest BCUT2D eigenvalue weighted by Gasteiger charge is -2.12. The molecule has 0 aliphatic rings. The standard InChI is InChI=1S/C16H12ClNO5S/c1-10(19)14-5-3-12(22-2)8-16(14)23-24(20,21)13-4-6-15(17)11(7-13)9-18/h3-8H,1-2H3. The lowest BCUT2D eigenvalue weighted by Crippen LogP contribution is -2.12. The number of carbonyl (C=O) groups is 1. The van der Waals surface area contributed by atoms with E-state index in [1.54, 1.807) is 6.07 Å². The highest BCUT2D eigenvalue weighted by Crippen LogP contribution is 2.29. The molecule has 0 unspecified atom stereocenters. The first kappa shape index (κ1) is 17.8. The van der Waals surface area contributed by atoms with E-state index < -0.39 is 10.1 Å². The zero-order chi connectivity index (χ0) is 17.9. The Labute approximate surface area is 144 Å². The van der Waals surface area contributed by atoms with Crippen molar-refractivity contribution in [3.8, 4) is 17.6 Å². The number of ketones is 1. The van der Waals surface area contributed by atoms with E-state index >= 15 is 0 Å². The monoisotopic (exact) mass is 365 g/mol. The normalized spacial score (nSPS) is 10.8. The van der Waals surface area contributed by atoms with Gasteiger partial charge in [0.15, 0.2) is 11.5 Å². The van der Waals surface area contributed by atoms with E-state index in [1.807, 2.05) is 0 Å². The number of ether oxygens (including phenoxy) is 1. The van der Waals surface area contributed by atoms with Gasteiger partial charge < -0.3 is 8.92 Å². The molecule has 6 nitrogen and oxygen atoms in total. The molecule has 0 saturated carbocycles. The lowest BCUT2D eigenvalue weighted by molar-refractivity contribution is 0.101. The molecular formula is C16H12ClNO5S. The predicted molar refractivity (Wildman–Crippen MR) is 87.0 cm³/mol. The van der Waals surface area contributed by atoms with Gasteiger partial charge >= 0.3 is 10.1 Å². The predicted octanol–water partition coefficient (Wildman–Crippen LogP) is 3.19. The van der Waals surface area contributed by atoms with Crippen LogP contribution < -0.4 is 8.92 Å². The number of hydrogen-bond acceptors (Lipinski definition) is 6. The Balaban J connectivity index is 2.50. The van der Waals surface area contributed by atoms with Gasteiger partial charge in [0.2, 0.25) is 0 Å². The van der Waals surface area contributed by atoms with Crippen molar-refractivity contribution in [1.82, 2.24) is 0 Å². The third kappa shape index (κ3) is 3.67. The van der Waals surface area contributed by atoms with E-state index in [2.05, 4.69) is 0 Å². The molecule has 0 bridgehead atoms. The second-order valence-corrected chi connectivity index (χ2v) is 6.66. The van der Waals surface area contributed by atoms with Crippen molar-refractivity contribution in [2.24, 2.45) is 0 Å². The van der Waals surface area contributed by atoms with E-state index in [4.69, 9.17) is 25.8 Å². The molecule has 0 fully saturated rings. The van der Waals surface area contributed by atoms with Crippen molar-refractivity contribution in [3.63, 3.8) is 0 Å². The van der Waals surface area contributed by atoms with Crippen molar-refractivity contribution >= 4 is 27.5 Å². The molecule has 0 spiro atoms. The van der Waals surface area contributed by atoms with E-state index in [1.165, 1.54) is 44.4 Å². The second-order valence-electron chi connectivity index (χ2n) is 4.71. The summed E-state index contributed by atoms with van der Waals surface area (Å²) in [6, 6.07) is 9.63. The third-order valence-electron chi connectivity index (χ3n) is 3.11. The maximum absolute atomic E-state index is 12.4. The average molecular weight is 366 g/mol. The van der Waals surface area contributed by atoms with E-state index in [9.17, 15) is 13.2 Å². The summed E-state index contributed by atoms with van der Waals surface area (Å²) in [4.78, 5) is 11.4. The molecule has 0 atom stereocenters. The number of nitriles is 1. The SMILES string of the molecule is COc1ccc(C(C)=O)c(OS(=O)(=O)c2ccc(Cl)c(C#N)c2)c1. The highest BCUT2D eigenvalue weighted by Gasteiger charge is 2.21. The molecule has 124 valence electrons. The fourth-order valence-electron chi connectivity index (χ4n) is 1.90. The molecule has 0 N–H and O–H groups in total. The number of carbonyl (C=O) groups excluding carboxylic acids is 1. The van der Waals surface area contributed by atoms with Crippen molar-refractivity contribution in [2.75, 3.05) is 7.11 Å². The van der Waals surface area contributed by atoms with Gasteiger partial charge in [-0.25, -0.2) is 0 Å². The smallest absolute Gasteiger partial charge is 0.339 e. The van der Waals surface area contributed by atoms with Crippen molar-refractivity contribution in [2.45, 2.75) is 11.8 Å². The molecule has 0 radical (unpaired) electrons. The zero-order valence-electron chi connectivity index (χ0n) is 12.7. The number of rotatable bonds is 5. The van der Waals surface area contributed by atoms with Crippen LogP contribution in [0, 0.1) is 11.3 Å². The zero-order valence-corrected chi connectivity index (χ0v) is 14.3. The Kier molecular flexibility index (Phi) is 5.12. The number of methoxy groups -OCH3 is 1. The number of hydrogen-bond donors (Lipinski definition) is 0. The van der Waals surface area contributed by atoms with Crippen molar-refractivity contribution < 1.29 is 22.1 Å². The molecule has 0 saturated heterocycles. The molecule has 0 aromatic heterocycles. The van der Waals surface area contributed by atoms with Crippen LogP contribution in [-0.2, 0) is 10.1 Å². The van der Waals surface area contributed by atoms with Gasteiger partial charge in [0.1, 0.15) is 16.7 Å². The Hall–Kier alpha value is -2.56. The van der Waals surface area contributed by atoms with E-state index in [-0.39, 0.29) is 32.6 Å². The van der Waals surface area contributed by atoms with Gasteiger partial charge in [-0.15, -0.1) is 0 Å². The molecule has 24 heavy (non-hydrogen) atoms. The maximum Gasteiger partial charge on any atom is 0.339 e. The molecule has 2 aromatic rings. The molecular weight excluding hydrogens is 354 g/mol. The van der Waals surface area contributed by atoms with Crippen LogP contribution in [0.25, 0.3) is 0 Å². The summed E-state index contributed by atoms with van der Waals surface area (Å²) >= 11 is 5.79. The van der Waals surface area contributed by atoms with Gasteiger partial charge in [-0.3, -0.25) is 4.79 Å². The minimum atomic E-state index is -4.26. The van der Waals surface area contributed by atoms with Gasteiger partial charge in [-0.2, -0.15) is 13.7 Å². The van der Waals surface area contributed by atoms with Crippen LogP contribution in [0.15, 0.2) is 41.3 Å². The van der Waals surface area contributed by atoms with Crippen LogP contribution in [0.2, 0.25) is 5.02 Å². The third-order valence-corrected chi connectivity index (χ3v) is 4.67. The summed E-state index contributed by atoms with van der Waals surface area (Å²) in [5, 5.41) is 9.08. The number of nitrogens with zero attached hydrogens (tertiary/aromatic N) is 1. The molecule has 8 heteroatoms. The summed E-state index contributed by atoms with van der Waals surface area (Å²) in [6.45, 7) is 1.29. The second kappa shape index (κ2) is 6.91. The van der Waals surface area contributed by atoms with E-state index in [0.29, 0.717) is 5.75 Å². The Morgan fingerprint density at radius 2 is 1.92 bits per heavy atom. The molecule has 2 rings (SSSR count). The average Bonchev–Trinajstić information content (AvgIpc) is 2.54. The van der Waals surface area contributed by atoms with E-state index in [0.717, 1.165) is 6.07 Å².